The fraction of sp³-hybridized carbons (Fsp3) is 0.500. The van der Waals surface area contributed by atoms with Crippen molar-refractivity contribution in [2.75, 3.05) is 18.8 Å². The predicted molar refractivity (Wildman–Crippen MR) is 98.5 cm³/mol. The number of fused-ring (bicyclic) bond motifs is 1. The molecule has 130 valence electrons. The van der Waals surface area contributed by atoms with Crippen molar-refractivity contribution in [2.45, 2.75) is 32.7 Å². The van der Waals surface area contributed by atoms with Crippen LogP contribution in [-0.2, 0) is 9.59 Å². The van der Waals surface area contributed by atoms with Gasteiger partial charge in [0, 0.05) is 29.3 Å². The van der Waals surface area contributed by atoms with Crippen LogP contribution in [0.1, 0.15) is 24.3 Å². The van der Waals surface area contributed by atoms with Gasteiger partial charge in [-0.25, -0.2) is 9.97 Å². The SMILES string of the molecule is Cc1sc2ncnc(SCC(=O)NCCNC(=O)C(C)C)c2c1C. The molecule has 0 aliphatic rings. The molecule has 0 unspecified atom stereocenters. The third kappa shape index (κ3) is 4.67. The summed E-state index contributed by atoms with van der Waals surface area (Å²) in [7, 11) is 0. The molecule has 0 atom stereocenters. The minimum atomic E-state index is -0.0739. The molecule has 0 aliphatic carbocycles. The maximum atomic E-state index is 11.9. The molecule has 0 spiro atoms. The fourth-order valence-corrected chi connectivity index (χ4v) is 3.98. The lowest BCUT2D eigenvalue weighted by Crippen LogP contribution is -2.36. The van der Waals surface area contributed by atoms with Crippen LogP contribution in [0.2, 0.25) is 0 Å². The van der Waals surface area contributed by atoms with Crippen LogP contribution in [0.4, 0.5) is 0 Å². The molecule has 0 radical (unpaired) electrons. The van der Waals surface area contributed by atoms with Crippen LogP contribution in [-0.4, -0.2) is 40.6 Å². The summed E-state index contributed by atoms with van der Waals surface area (Å²) in [6.45, 7) is 8.65. The number of amides is 2. The van der Waals surface area contributed by atoms with Gasteiger partial charge >= 0.3 is 0 Å². The Morgan fingerprint density at radius 1 is 1.21 bits per heavy atom. The van der Waals surface area contributed by atoms with Crippen LogP contribution in [0, 0.1) is 19.8 Å². The van der Waals surface area contributed by atoms with Crippen LogP contribution < -0.4 is 10.6 Å². The Morgan fingerprint density at radius 2 is 1.92 bits per heavy atom. The highest BCUT2D eigenvalue weighted by Crippen LogP contribution is 2.34. The first-order chi connectivity index (χ1) is 11.4. The summed E-state index contributed by atoms with van der Waals surface area (Å²) in [5.41, 5.74) is 1.18. The molecule has 24 heavy (non-hydrogen) atoms. The van der Waals surface area contributed by atoms with Crippen molar-refractivity contribution < 1.29 is 9.59 Å². The smallest absolute Gasteiger partial charge is 0.230 e. The first-order valence-electron chi connectivity index (χ1n) is 7.78. The molecule has 0 saturated carbocycles. The lowest BCUT2D eigenvalue weighted by Gasteiger charge is -2.08. The average Bonchev–Trinajstić information content (AvgIpc) is 2.84. The van der Waals surface area contributed by atoms with Gasteiger partial charge < -0.3 is 10.6 Å². The van der Waals surface area contributed by atoms with Crippen LogP contribution in [0.25, 0.3) is 10.2 Å². The molecule has 2 aromatic heterocycles. The van der Waals surface area contributed by atoms with Crippen molar-refractivity contribution in [2.24, 2.45) is 5.92 Å². The largest absolute Gasteiger partial charge is 0.354 e. The van der Waals surface area contributed by atoms with Crippen LogP contribution in [0.3, 0.4) is 0 Å². The topological polar surface area (TPSA) is 84.0 Å². The summed E-state index contributed by atoms with van der Waals surface area (Å²) in [4.78, 5) is 34.1. The normalized spacial score (nSPS) is 11.0. The number of hydrogen-bond acceptors (Lipinski definition) is 6. The molecular weight excluding hydrogens is 344 g/mol. The second-order valence-electron chi connectivity index (χ2n) is 5.73. The van der Waals surface area contributed by atoms with Gasteiger partial charge in [-0.15, -0.1) is 11.3 Å². The molecule has 0 fully saturated rings. The Balaban J connectivity index is 1.83. The first kappa shape index (κ1) is 18.7. The van der Waals surface area contributed by atoms with Gasteiger partial charge in [0.2, 0.25) is 11.8 Å². The number of aromatic nitrogens is 2. The van der Waals surface area contributed by atoms with Crippen molar-refractivity contribution in [1.29, 1.82) is 0 Å². The van der Waals surface area contributed by atoms with E-state index in [1.165, 1.54) is 22.2 Å². The summed E-state index contributed by atoms with van der Waals surface area (Å²) in [6, 6.07) is 0. The van der Waals surface area contributed by atoms with Gasteiger partial charge in [0.15, 0.2) is 0 Å². The number of carbonyl (C=O) groups is 2. The minimum absolute atomic E-state index is 0.00898. The molecule has 0 bridgehead atoms. The van der Waals surface area contributed by atoms with E-state index < -0.39 is 0 Å². The Labute approximate surface area is 149 Å². The van der Waals surface area contributed by atoms with E-state index in [4.69, 9.17) is 0 Å². The molecule has 6 nitrogen and oxygen atoms in total. The van der Waals surface area contributed by atoms with Crippen molar-refractivity contribution in [1.82, 2.24) is 20.6 Å². The number of hydrogen-bond donors (Lipinski definition) is 2. The number of thiophene rings is 1. The molecule has 0 aromatic carbocycles. The van der Waals surface area contributed by atoms with Gasteiger partial charge in [-0.2, -0.15) is 0 Å². The third-order valence-corrected chi connectivity index (χ3v) is 5.65. The molecule has 0 saturated heterocycles. The van der Waals surface area contributed by atoms with E-state index in [0.717, 1.165) is 15.2 Å². The van der Waals surface area contributed by atoms with E-state index in [0.29, 0.717) is 18.8 Å². The fourth-order valence-electron chi connectivity index (χ4n) is 2.04. The summed E-state index contributed by atoms with van der Waals surface area (Å²) < 4.78 is 0. The summed E-state index contributed by atoms with van der Waals surface area (Å²) in [5.74, 6) is 0.160. The number of rotatable bonds is 7. The van der Waals surface area contributed by atoms with Gasteiger partial charge in [-0.3, -0.25) is 9.59 Å². The molecule has 2 N–H and O–H groups in total. The average molecular weight is 367 g/mol. The molecule has 2 aromatic rings. The van der Waals surface area contributed by atoms with Crippen molar-refractivity contribution >= 4 is 45.1 Å². The maximum absolute atomic E-state index is 11.9. The molecule has 2 heterocycles. The predicted octanol–water partition coefficient (Wildman–Crippen LogP) is 2.29. The van der Waals surface area contributed by atoms with E-state index in [-0.39, 0.29) is 17.7 Å². The highest BCUT2D eigenvalue weighted by Gasteiger charge is 2.13. The van der Waals surface area contributed by atoms with Gasteiger partial charge in [0.25, 0.3) is 0 Å². The van der Waals surface area contributed by atoms with E-state index >= 15 is 0 Å². The monoisotopic (exact) mass is 366 g/mol. The first-order valence-corrected chi connectivity index (χ1v) is 9.58. The molecule has 2 rings (SSSR count). The number of nitrogens with one attached hydrogen (secondary N) is 2. The van der Waals surface area contributed by atoms with Crippen LogP contribution in [0.5, 0.6) is 0 Å². The van der Waals surface area contributed by atoms with E-state index in [2.05, 4.69) is 34.4 Å². The Hall–Kier alpha value is -1.67. The lowest BCUT2D eigenvalue weighted by atomic mass is 10.2. The van der Waals surface area contributed by atoms with Crippen molar-refractivity contribution in [3.8, 4) is 0 Å². The van der Waals surface area contributed by atoms with Gasteiger partial charge in [-0.05, 0) is 19.4 Å². The van der Waals surface area contributed by atoms with Crippen molar-refractivity contribution in [3.63, 3.8) is 0 Å². The van der Waals surface area contributed by atoms with Crippen molar-refractivity contribution in [3.05, 3.63) is 16.8 Å². The van der Waals surface area contributed by atoms with E-state index in [9.17, 15) is 9.59 Å². The second kappa shape index (κ2) is 8.43. The quantitative estimate of drug-likeness (QED) is 0.446. The number of carbonyl (C=O) groups excluding carboxylic acids is 2. The van der Waals surface area contributed by atoms with Gasteiger partial charge in [-0.1, -0.05) is 25.6 Å². The second-order valence-corrected chi connectivity index (χ2v) is 7.89. The summed E-state index contributed by atoms with van der Waals surface area (Å²) >= 11 is 3.05. The lowest BCUT2D eigenvalue weighted by molar-refractivity contribution is -0.124. The summed E-state index contributed by atoms with van der Waals surface area (Å²) in [5, 5.41) is 7.45. The number of nitrogens with zero attached hydrogens (tertiary/aromatic N) is 2. The molecule has 8 heteroatoms. The Kier molecular flexibility index (Phi) is 6.56. The van der Waals surface area contributed by atoms with Gasteiger partial charge in [0.1, 0.15) is 16.2 Å². The van der Waals surface area contributed by atoms with Gasteiger partial charge in [0.05, 0.1) is 5.75 Å². The zero-order chi connectivity index (χ0) is 17.7. The van der Waals surface area contributed by atoms with Crippen LogP contribution in [0.15, 0.2) is 11.4 Å². The van der Waals surface area contributed by atoms with E-state index in [1.807, 2.05) is 13.8 Å². The summed E-state index contributed by atoms with van der Waals surface area (Å²) in [6.07, 6.45) is 1.54. The highest BCUT2D eigenvalue weighted by atomic mass is 32.2. The highest BCUT2D eigenvalue weighted by molar-refractivity contribution is 8.00. The third-order valence-electron chi connectivity index (χ3n) is 3.54. The molecule has 2 amide bonds. The zero-order valence-corrected chi connectivity index (χ0v) is 15.9. The minimum Gasteiger partial charge on any atom is -0.354 e. The Morgan fingerprint density at radius 3 is 2.62 bits per heavy atom. The van der Waals surface area contributed by atoms with E-state index in [1.54, 1.807) is 17.7 Å². The molecular formula is C16H22N4O2S2. The number of thioether (sulfide) groups is 1. The van der Waals surface area contributed by atoms with Crippen LogP contribution >= 0.6 is 23.1 Å². The Bertz CT molecular complexity index is 743. The number of aryl methyl sites for hydroxylation is 2. The maximum Gasteiger partial charge on any atom is 0.230 e. The zero-order valence-electron chi connectivity index (χ0n) is 14.3. The standard InChI is InChI=1S/C16H22N4O2S2/c1-9(2)14(22)18-6-5-17-12(21)7-23-15-13-10(3)11(4)24-16(13)20-8-19-15/h8-9H,5-7H2,1-4H3,(H,17,21)(H,18,22). The molecule has 0 aliphatic heterocycles.